The van der Waals surface area contributed by atoms with Crippen LogP contribution in [0.3, 0.4) is 0 Å². The minimum atomic E-state index is -4.41. The zero-order valence-electron chi connectivity index (χ0n) is 11.5. The number of hydrogen-bond acceptors (Lipinski definition) is 5. The maximum absolute atomic E-state index is 13.3. The van der Waals surface area contributed by atoms with Gasteiger partial charge >= 0.3 is 6.18 Å². The number of alkyl halides is 3. The zero-order chi connectivity index (χ0) is 15.0. The van der Waals surface area contributed by atoms with Gasteiger partial charge in [0.2, 0.25) is 0 Å². The molecule has 21 heavy (non-hydrogen) atoms. The topological polar surface area (TPSA) is 37.8 Å². The van der Waals surface area contributed by atoms with Gasteiger partial charge in [0.15, 0.2) is 5.69 Å². The first-order valence-electron chi connectivity index (χ1n) is 6.87. The average molecular weight is 335 g/mol. The van der Waals surface area contributed by atoms with Crippen molar-refractivity contribution in [3.05, 3.63) is 22.8 Å². The number of nitrogens with zero attached hydrogens (tertiary/aromatic N) is 2. The lowest BCUT2D eigenvalue weighted by Gasteiger charge is -2.29. The summed E-state index contributed by atoms with van der Waals surface area (Å²) in [7, 11) is 0. The Balaban J connectivity index is 2.05. The van der Waals surface area contributed by atoms with Crippen molar-refractivity contribution in [3.8, 4) is 0 Å². The van der Waals surface area contributed by atoms with Crippen LogP contribution in [0.4, 0.5) is 13.2 Å². The summed E-state index contributed by atoms with van der Waals surface area (Å²) in [4.78, 5) is 8.39. The molecule has 3 nitrogen and oxygen atoms in total. The molecule has 0 saturated carbocycles. The van der Waals surface area contributed by atoms with Crippen LogP contribution < -0.4 is 5.32 Å². The number of halogens is 3. The molecular formula is C13H16F3N3S2. The molecule has 2 aliphatic heterocycles. The van der Waals surface area contributed by atoms with Gasteiger partial charge in [0.05, 0.1) is 10.9 Å². The van der Waals surface area contributed by atoms with Crippen molar-refractivity contribution in [1.82, 2.24) is 15.3 Å². The van der Waals surface area contributed by atoms with E-state index in [2.05, 4.69) is 15.3 Å². The van der Waals surface area contributed by atoms with E-state index in [0.29, 0.717) is 31.0 Å². The summed E-state index contributed by atoms with van der Waals surface area (Å²) in [5.74, 6) is 2.30. The summed E-state index contributed by atoms with van der Waals surface area (Å²) in [5.41, 5.74) is 0.0560. The van der Waals surface area contributed by atoms with Gasteiger partial charge in [-0.1, -0.05) is 6.92 Å². The van der Waals surface area contributed by atoms with Crippen molar-refractivity contribution in [1.29, 1.82) is 0 Å². The third-order valence-electron chi connectivity index (χ3n) is 3.67. The van der Waals surface area contributed by atoms with Crippen LogP contribution in [0.25, 0.3) is 0 Å². The molecule has 8 heteroatoms. The Kier molecular flexibility index (Phi) is 4.38. The Morgan fingerprint density at radius 2 is 1.95 bits per heavy atom. The molecular weight excluding hydrogens is 319 g/mol. The quantitative estimate of drug-likeness (QED) is 0.854. The highest BCUT2D eigenvalue weighted by atomic mass is 32.2. The third kappa shape index (κ3) is 3.17. The van der Waals surface area contributed by atoms with Gasteiger partial charge in [0.25, 0.3) is 0 Å². The molecule has 0 spiro atoms. The van der Waals surface area contributed by atoms with Gasteiger partial charge in [-0.2, -0.15) is 24.9 Å². The van der Waals surface area contributed by atoms with Crippen LogP contribution in [0.5, 0.6) is 0 Å². The van der Waals surface area contributed by atoms with E-state index in [9.17, 15) is 13.2 Å². The van der Waals surface area contributed by atoms with Crippen LogP contribution in [-0.2, 0) is 19.1 Å². The lowest BCUT2D eigenvalue weighted by Crippen LogP contribution is -2.30. The van der Waals surface area contributed by atoms with E-state index >= 15 is 0 Å². The summed E-state index contributed by atoms with van der Waals surface area (Å²) >= 11 is 3.43. The van der Waals surface area contributed by atoms with E-state index in [1.807, 2.05) is 6.92 Å². The third-order valence-corrected chi connectivity index (χ3v) is 6.75. The fourth-order valence-electron chi connectivity index (χ4n) is 2.66. The standard InChI is InChI=1S/C13H16F3N3S2/c1-7-10(21-5-4-20-7)12-18-9-6-17-3-2-8(9)11(19-12)13(14,15)16/h7,10,17H,2-6H2,1H3. The molecule has 2 atom stereocenters. The fraction of sp³-hybridized carbons (Fsp3) is 0.692. The normalized spacial score (nSPS) is 26.5. The number of thioether (sulfide) groups is 2. The van der Waals surface area contributed by atoms with E-state index in [1.165, 1.54) is 0 Å². The minimum absolute atomic E-state index is 0.0583. The van der Waals surface area contributed by atoms with E-state index in [1.54, 1.807) is 23.5 Å². The number of nitrogens with one attached hydrogen (secondary N) is 1. The molecule has 0 bridgehead atoms. The van der Waals surface area contributed by atoms with Gasteiger partial charge in [-0.05, 0) is 13.0 Å². The Bertz CT molecular complexity index is 536. The van der Waals surface area contributed by atoms with Crippen molar-refractivity contribution in [2.24, 2.45) is 0 Å². The molecule has 0 aliphatic carbocycles. The molecule has 116 valence electrons. The highest BCUT2D eigenvalue weighted by Crippen LogP contribution is 2.42. The average Bonchev–Trinajstić information content (AvgIpc) is 2.45. The van der Waals surface area contributed by atoms with Crippen LogP contribution in [0, 0.1) is 0 Å². The van der Waals surface area contributed by atoms with E-state index in [0.717, 1.165) is 11.5 Å². The molecule has 0 radical (unpaired) electrons. The van der Waals surface area contributed by atoms with Gasteiger partial charge < -0.3 is 5.32 Å². The second kappa shape index (κ2) is 5.96. The summed E-state index contributed by atoms with van der Waals surface area (Å²) in [5, 5.41) is 3.27. The van der Waals surface area contributed by atoms with E-state index in [4.69, 9.17) is 0 Å². The first-order valence-corrected chi connectivity index (χ1v) is 8.97. The maximum Gasteiger partial charge on any atom is 0.433 e. The van der Waals surface area contributed by atoms with Crippen molar-refractivity contribution >= 4 is 23.5 Å². The molecule has 2 aliphatic rings. The smallest absolute Gasteiger partial charge is 0.311 e. The molecule has 0 amide bonds. The van der Waals surface area contributed by atoms with Gasteiger partial charge in [0.1, 0.15) is 5.82 Å². The predicted molar refractivity (Wildman–Crippen MR) is 79.6 cm³/mol. The van der Waals surface area contributed by atoms with Crippen LogP contribution in [0.1, 0.15) is 34.9 Å². The summed E-state index contributed by atoms with van der Waals surface area (Å²) in [6.45, 7) is 2.98. The van der Waals surface area contributed by atoms with Gasteiger partial charge in [-0.15, -0.1) is 11.8 Å². The van der Waals surface area contributed by atoms with Crippen molar-refractivity contribution in [2.45, 2.75) is 36.6 Å². The Hall–Kier alpha value is -0.470. The minimum Gasteiger partial charge on any atom is -0.311 e. The highest BCUT2D eigenvalue weighted by molar-refractivity contribution is 8.06. The van der Waals surface area contributed by atoms with Crippen LogP contribution in [0.15, 0.2) is 0 Å². The molecule has 1 aromatic rings. The predicted octanol–water partition coefficient (Wildman–Crippen LogP) is 3.05. The summed E-state index contributed by atoms with van der Waals surface area (Å²) < 4.78 is 39.9. The second-order valence-corrected chi connectivity index (χ2v) is 7.88. The molecule has 1 saturated heterocycles. The Morgan fingerprint density at radius 1 is 1.19 bits per heavy atom. The van der Waals surface area contributed by atoms with Gasteiger partial charge in [0, 0.05) is 28.9 Å². The second-order valence-electron chi connectivity index (χ2n) is 5.15. The Labute approximate surface area is 129 Å². The molecule has 2 unspecified atom stereocenters. The summed E-state index contributed by atoms with van der Waals surface area (Å²) in [6.07, 6.45) is -4.07. The number of fused-ring (bicyclic) bond motifs is 1. The number of hydrogen-bond donors (Lipinski definition) is 1. The summed E-state index contributed by atoms with van der Waals surface area (Å²) in [6, 6.07) is 0. The van der Waals surface area contributed by atoms with Crippen LogP contribution in [0.2, 0.25) is 0 Å². The van der Waals surface area contributed by atoms with Gasteiger partial charge in [-0.3, -0.25) is 0 Å². The molecule has 1 N–H and O–H groups in total. The fourth-order valence-corrected chi connectivity index (χ4v) is 5.35. The van der Waals surface area contributed by atoms with Gasteiger partial charge in [-0.25, -0.2) is 9.97 Å². The lowest BCUT2D eigenvalue weighted by atomic mass is 10.0. The number of rotatable bonds is 1. The van der Waals surface area contributed by atoms with Crippen molar-refractivity contribution < 1.29 is 13.2 Å². The van der Waals surface area contributed by atoms with Crippen LogP contribution >= 0.6 is 23.5 Å². The van der Waals surface area contributed by atoms with E-state index in [-0.39, 0.29) is 16.1 Å². The molecule has 1 aromatic heterocycles. The first kappa shape index (κ1) is 15.4. The molecule has 1 fully saturated rings. The maximum atomic E-state index is 13.3. The molecule has 0 aromatic carbocycles. The Morgan fingerprint density at radius 3 is 2.67 bits per heavy atom. The molecule has 3 heterocycles. The first-order chi connectivity index (χ1) is 9.97. The largest absolute Gasteiger partial charge is 0.433 e. The van der Waals surface area contributed by atoms with Crippen molar-refractivity contribution in [3.63, 3.8) is 0 Å². The van der Waals surface area contributed by atoms with Crippen LogP contribution in [-0.4, -0.2) is 33.3 Å². The monoisotopic (exact) mass is 335 g/mol. The van der Waals surface area contributed by atoms with Crippen molar-refractivity contribution in [2.75, 3.05) is 18.1 Å². The highest BCUT2D eigenvalue weighted by Gasteiger charge is 2.39. The molecule has 3 rings (SSSR count). The SMILES string of the molecule is CC1SCCSC1c1nc2c(c(C(F)(F)F)n1)CCNC2. The zero-order valence-corrected chi connectivity index (χ0v) is 13.2. The van der Waals surface area contributed by atoms with E-state index < -0.39 is 11.9 Å². The lowest BCUT2D eigenvalue weighted by molar-refractivity contribution is -0.142. The number of aromatic nitrogens is 2.